The lowest BCUT2D eigenvalue weighted by atomic mass is 9.84. The van der Waals surface area contributed by atoms with E-state index >= 15 is 0 Å². The molecule has 0 saturated carbocycles. The smallest absolute Gasteiger partial charge is 0.422 e. The highest BCUT2D eigenvalue weighted by Crippen LogP contribution is 2.44. The summed E-state index contributed by atoms with van der Waals surface area (Å²) in [7, 11) is 3.75. The number of halogens is 3. The average molecular weight is 399 g/mol. The van der Waals surface area contributed by atoms with Crippen molar-refractivity contribution in [1.29, 1.82) is 5.26 Å². The molecular weight excluding hydrogens is 383 g/mol. The Balaban J connectivity index is 2.60. The van der Waals surface area contributed by atoms with Gasteiger partial charge in [-0.25, -0.2) is 0 Å². The molecule has 1 heterocycles. The SMILES string of the molecule is C=C1NC(=O)[C@](NC(=O)c2ccc(OC)c(OC)c2OC)(C(F)(F)F)[C@H]1C#N. The summed E-state index contributed by atoms with van der Waals surface area (Å²) in [6, 6.07) is 3.80. The maximum atomic E-state index is 13.9. The number of rotatable bonds is 5. The maximum Gasteiger partial charge on any atom is 0.422 e. The number of hydrogen-bond donors (Lipinski definition) is 2. The largest absolute Gasteiger partial charge is 0.493 e. The van der Waals surface area contributed by atoms with Crippen molar-refractivity contribution in [2.24, 2.45) is 5.92 Å². The van der Waals surface area contributed by atoms with Gasteiger partial charge in [-0.3, -0.25) is 9.59 Å². The monoisotopic (exact) mass is 399 g/mol. The number of benzene rings is 1. The van der Waals surface area contributed by atoms with Gasteiger partial charge in [0.1, 0.15) is 5.92 Å². The Morgan fingerprint density at radius 2 is 1.86 bits per heavy atom. The van der Waals surface area contributed by atoms with Gasteiger partial charge in [0.15, 0.2) is 11.5 Å². The minimum atomic E-state index is -5.28. The summed E-state index contributed by atoms with van der Waals surface area (Å²) in [6.45, 7) is 3.26. The minimum Gasteiger partial charge on any atom is -0.493 e. The topological polar surface area (TPSA) is 110 Å². The van der Waals surface area contributed by atoms with Crippen molar-refractivity contribution in [3.8, 4) is 23.3 Å². The number of amides is 2. The van der Waals surface area contributed by atoms with Gasteiger partial charge in [0.2, 0.25) is 11.3 Å². The van der Waals surface area contributed by atoms with E-state index in [2.05, 4.69) is 6.58 Å². The van der Waals surface area contributed by atoms with Crippen LogP contribution in [0, 0.1) is 17.2 Å². The first-order chi connectivity index (χ1) is 13.1. The normalized spacial score (nSPS) is 21.5. The number of nitrogens with one attached hydrogen (secondary N) is 2. The van der Waals surface area contributed by atoms with E-state index in [4.69, 9.17) is 14.2 Å². The first-order valence-corrected chi connectivity index (χ1v) is 7.67. The van der Waals surface area contributed by atoms with Crippen LogP contribution in [-0.4, -0.2) is 44.9 Å². The van der Waals surface area contributed by atoms with Gasteiger partial charge in [-0.1, -0.05) is 6.58 Å². The Morgan fingerprint density at radius 1 is 1.25 bits per heavy atom. The van der Waals surface area contributed by atoms with E-state index < -0.39 is 35.1 Å². The lowest BCUT2D eigenvalue weighted by Gasteiger charge is -2.32. The van der Waals surface area contributed by atoms with Gasteiger partial charge in [0.05, 0.1) is 33.0 Å². The highest BCUT2D eigenvalue weighted by molar-refractivity contribution is 6.04. The van der Waals surface area contributed by atoms with E-state index in [1.165, 1.54) is 33.5 Å². The van der Waals surface area contributed by atoms with Crippen molar-refractivity contribution in [1.82, 2.24) is 10.6 Å². The zero-order valence-corrected chi connectivity index (χ0v) is 15.1. The molecular formula is C17H16F3N3O5. The zero-order valence-electron chi connectivity index (χ0n) is 15.1. The molecule has 8 nitrogen and oxygen atoms in total. The molecule has 2 atom stereocenters. The first kappa shape index (κ1) is 20.9. The second kappa shape index (κ2) is 7.30. The molecule has 0 radical (unpaired) electrons. The number of methoxy groups -OCH3 is 3. The van der Waals surface area contributed by atoms with Gasteiger partial charge in [-0.05, 0) is 12.1 Å². The van der Waals surface area contributed by atoms with E-state index in [-0.39, 0.29) is 22.8 Å². The van der Waals surface area contributed by atoms with Crippen molar-refractivity contribution < 1.29 is 37.0 Å². The van der Waals surface area contributed by atoms with E-state index in [0.717, 1.165) is 6.07 Å². The number of hydrogen-bond acceptors (Lipinski definition) is 6. The molecule has 1 aromatic carbocycles. The van der Waals surface area contributed by atoms with Crippen molar-refractivity contribution in [3.05, 3.63) is 30.0 Å². The number of ether oxygens (including phenoxy) is 3. The predicted molar refractivity (Wildman–Crippen MR) is 88.7 cm³/mol. The average Bonchev–Trinajstić information content (AvgIpc) is 2.89. The fourth-order valence-electron chi connectivity index (χ4n) is 2.90. The first-order valence-electron chi connectivity index (χ1n) is 7.67. The molecule has 1 saturated heterocycles. The fourth-order valence-corrected chi connectivity index (χ4v) is 2.90. The standard InChI is InChI=1S/C17H16F3N3O5/c1-8-10(7-21)16(15(25)22-8,17(18,19)20)23-14(24)9-5-6-11(26-2)13(28-4)12(9)27-3/h5-6,10H,1H2,2-4H3,(H,22,25)(H,23,24)/t10-,16-/m0/s1. The summed E-state index contributed by atoms with van der Waals surface area (Å²) >= 11 is 0. The van der Waals surface area contributed by atoms with E-state index in [1.807, 2.05) is 5.32 Å². The second-order valence-corrected chi connectivity index (χ2v) is 5.68. The molecule has 1 aliphatic rings. The Bertz CT molecular complexity index is 878. The summed E-state index contributed by atoms with van der Waals surface area (Å²) in [5.74, 6) is -5.04. The predicted octanol–water partition coefficient (Wildman–Crippen LogP) is 1.53. The molecule has 11 heteroatoms. The van der Waals surface area contributed by atoms with Gasteiger partial charge < -0.3 is 24.8 Å². The van der Waals surface area contributed by atoms with Gasteiger partial charge in [-0.2, -0.15) is 18.4 Å². The molecule has 0 unspecified atom stereocenters. The molecule has 0 aliphatic carbocycles. The van der Waals surface area contributed by atoms with Crippen molar-refractivity contribution >= 4 is 11.8 Å². The zero-order chi connectivity index (χ0) is 21.3. The number of carbonyl (C=O) groups excluding carboxylic acids is 2. The van der Waals surface area contributed by atoms with E-state index in [0.29, 0.717) is 0 Å². The number of nitrogens with zero attached hydrogens (tertiary/aromatic N) is 1. The molecule has 1 fully saturated rings. The maximum absolute atomic E-state index is 13.9. The molecule has 2 amide bonds. The van der Waals surface area contributed by atoms with Crippen LogP contribution in [0.3, 0.4) is 0 Å². The third kappa shape index (κ3) is 2.96. The molecule has 0 spiro atoms. The lowest BCUT2D eigenvalue weighted by Crippen LogP contribution is -2.66. The van der Waals surface area contributed by atoms with Gasteiger partial charge >= 0.3 is 6.18 Å². The number of carbonyl (C=O) groups is 2. The Kier molecular flexibility index (Phi) is 5.45. The lowest BCUT2D eigenvalue weighted by molar-refractivity contribution is -0.197. The Morgan fingerprint density at radius 3 is 2.32 bits per heavy atom. The summed E-state index contributed by atoms with van der Waals surface area (Å²) in [6.07, 6.45) is -5.28. The van der Waals surface area contributed by atoms with Crippen molar-refractivity contribution in [3.63, 3.8) is 0 Å². The van der Waals surface area contributed by atoms with Crippen LogP contribution in [0.4, 0.5) is 13.2 Å². The van der Waals surface area contributed by atoms with Crippen molar-refractivity contribution in [2.75, 3.05) is 21.3 Å². The summed E-state index contributed by atoms with van der Waals surface area (Å²) in [5.41, 5.74) is -4.33. The van der Waals surface area contributed by atoms with Crippen LogP contribution in [0.1, 0.15) is 10.4 Å². The number of alkyl halides is 3. The van der Waals surface area contributed by atoms with E-state index in [9.17, 15) is 28.0 Å². The summed E-state index contributed by atoms with van der Waals surface area (Å²) in [4.78, 5) is 24.8. The Labute approximate surface area is 157 Å². The minimum absolute atomic E-state index is 0.0316. The van der Waals surface area contributed by atoms with Crippen LogP contribution in [0.25, 0.3) is 0 Å². The quantitative estimate of drug-likeness (QED) is 0.777. The molecule has 0 bridgehead atoms. The van der Waals surface area contributed by atoms with Crippen LogP contribution in [0.2, 0.25) is 0 Å². The Hall–Kier alpha value is -3.42. The highest BCUT2D eigenvalue weighted by Gasteiger charge is 2.70. The second-order valence-electron chi connectivity index (χ2n) is 5.68. The molecule has 0 aromatic heterocycles. The van der Waals surface area contributed by atoms with Crippen LogP contribution < -0.4 is 24.8 Å². The van der Waals surface area contributed by atoms with Gasteiger partial charge in [-0.15, -0.1) is 0 Å². The summed E-state index contributed by atoms with van der Waals surface area (Å²) in [5, 5.41) is 12.7. The fraction of sp³-hybridized carbons (Fsp3) is 0.353. The van der Waals surface area contributed by atoms with Crippen LogP contribution in [-0.2, 0) is 4.79 Å². The van der Waals surface area contributed by atoms with Gasteiger partial charge in [0, 0.05) is 5.70 Å². The van der Waals surface area contributed by atoms with Crippen LogP contribution >= 0.6 is 0 Å². The molecule has 28 heavy (non-hydrogen) atoms. The molecule has 1 aliphatic heterocycles. The summed E-state index contributed by atoms with van der Waals surface area (Å²) < 4.78 is 56.8. The molecule has 2 rings (SSSR count). The van der Waals surface area contributed by atoms with Crippen molar-refractivity contribution in [2.45, 2.75) is 11.7 Å². The van der Waals surface area contributed by atoms with Gasteiger partial charge in [0.25, 0.3) is 11.8 Å². The van der Waals surface area contributed by atoms with Crippen LogP contribution in [0.15, 0.2) is 24.4 Å². The molecule has 1 aromatic rings. The third-order valence-corrected chi connectivity index (χ3v) is 4.25. The van der Waals surface area contributed by atoms with E-state index in [1.54, 1.807) is 5.32 Å². The van der Waals surface area contributed by atoms with Crippen LogP contribution in [0.5, 0.6) is 17.2 Å². The third-order valence-electron chi connectivity index (χ3n) is 4.25. The number of nitriles is 1. The molecule has 2 N–H and O–H groups in total. The molecule has 150 valence electrons. The highest BCUT2D eigenvalue weighted by atomic mass is 19.4.